The Morgan fingerprint density at radius 3 is 2.62 bits per heavy atom. The highest BCUT2D eigenvalue weighted by Gasteiger charge is 2.45. The largest absolute Gasteiger partial charge is 0.493 e. The Morgan fingerprint density at radius 1 is 1.31 bits per heavy atom. The summed E-state index contributed by atoms with van der Waals surface area (Å²) in [5, 5.41) is 15.0. The minimum Gasteiger partial charge on any atom is -0.493 e. The van der Waals surface area contributed by atoms with Crippen LogP contribution in [-0.4, -0.2) is 24.4 Å². The van der Waals surface area contributed by atoms with Gasteiger partial charge < -0.3 is 19.9 Å². The number of ether oxygens (including phenoxy) is 3. The van der Waals surface area contributed by atoms with Crippen LogP contribution in [0.3, 0.4) is 0 Å². The predicted molar refractivity (Wildman–Crippen MR) is 82.4 cm³/mol. The highest BCUT2D eigenvalue weighted by molar-refractivity contribution is 5.61. The van der Waals surface area contributed by atoms with Gasteiger partial charge in [-0.25, -0.2) is 0 Å². The topological polar surface area (TPSA) is 106 Å². The number of aromatic nitrogens is 2. The highest BCUT2D eigenvalue weighted by atomic mass is 19.4. The minimum atomic E-state index is -4.74. The van der Waals surface area contributed by atoms with Gasteiger partial charge in [-0.2, -0.15) is 18.4 Å². The van der Waals surface area contributed by atoms with Crippen LogP contribution >= 0.6 is 0 Å². The molecule has 0 spiro atoms. The van der Waals surface area contributed by atoms with Crippen molar-refractivity contribution in [1.82, 2.24) is 10.2 Å². The normalized spacial score (nSPS) is 16.5. The molecular formula is C16H13F3N4O3. The van der Waals surface area contributed by atoms with E-state index in [-0.39, 0.29) is 34.2 Å². The van der Waals surface area contributed by atoms with E-state index in [1.54, 1.807) is 12.1 Å². The van der Waals surface area contributed by atoms with Crippen LogP contribution in [0, 0.1) is 11.3 Å². The zero-order valence-electron chi connectivity index (χ0n) is 13.6. The third-order valence-electron chi connectivity index (χ3n) is 3.97. The number of benzene rings is 1. The van der Waals surface area contributed by atoms with Gasteiger partial charge in [-0.15, -0.1) is 5.10 Å². The standard InChI is InChI=1S/C16H13F3N4O3/c1-24-9-5-3-4-7(12(9)25-2)10-8(6-20)14(21)26-15-11(10)13(22-23-15)16(17,18)19/h3-5,10H,21H2,1-2H3,(H,22,23). The zero-order valence-corrected chi connectivity index (χ0v) is 13.6. The first-order valence-electron chi connectivity index (χ1n) is 7.27. The maximum absolute atomic E-state index is 13.4. The van der Waals surface area contributed by atoms with Crippen LogP contribution in [0.5, 0.6) is 17.4 Å². The van der Waals surface area contributed by atoms with Crippen LogP contribution < -0.4 is 19.9 Å². The van der Waals surface area contributed by atoms with Crippen LogP contribution in [0.25, 0.3) is 0 Å². The first-order valence-corrected chi connectivity index (χ1v) is 7.27. The maximum Gasteiger partial charge on any atom is 0.433 e. The number of hydrogen-bond donors (Lipinski definition) is 2. The number of halogens is 3. The summed E-state index contributed by atoms with van der Waals surface area (Å²) in [5.74, 6) is -1.38. The first kappa shape index (κ1) is 17.5. The molecule has 26 heavy (non-hydrogen) atoms. The Bertz CT molecular complexity index is 928. The number of H-pyrrole nitrogens is 1. The fourth-order valence-corrected chi connectivity index (χ4v) is 2.91. The molecule has 3 N–H and O–H groups in total. The summed E-state index contributed by atoms with van der Waals surface area (Å²) in [5.41, 5.74) is 4.36. The Balaban J connectivity index is 2.34. The number of nitriles is 1. The Hall–Kier alpha value is -3.35. The molecule has 10 heteroatoms. The van der Waals surface area contributed by atoms with Crippen LogP contribution in [0.15, 0.2) is 29.7 Å². The van der Waals surface area contributed by atoms with Gasteiger partial charge in [0.2, 0.25) is 11.8 Å². The molecule has 1 unspecified atom stereocenters. The van der Waals surface area contributed by atoms with Crippen molar-refractivity contribution in [3.63, 3.8) is 0 Å². The van der Waals surface area contributed by atoms with E-state index in [4.69, 9.17) is 19.9 Å². The van der Waals surface area contributed by atoms with Crippen molar-refractivity contribution >= 4 is 0 Å². The molecule has 1 aliphatic heterocycles. The SMILES string of the molecule is COc1cccc(C2C(C#N)=C(N)Oc3n[nH]c(C(F)(F)F)c32)c1OC. The lowest BCUT2D eigenvalue weighted by Crippen LogP contribution is -2.23. The molecule has 0 radical (unpaired) electrons. The Kier molecular flexibility index (Phi) is 4.15. The van der Waals surface area contributed by atoms with Gasteiger partial charge in [0.15, 0.2) is 11.5 Å². The number of allylic oxidation sites excluding steroid dienone is 1. The molecule has 136 valence electrons. The molecule has 2 aromatic rings. The first-order chi connectivity index (χ1) is 12.3. The van der Waals surface area contributed by atoms with E-state index in [1.807, 2.05) is 11.2 Å². The smallest absolute Gasteiger partial charge is 0.433 e. The molecule has 1 aromatic heterocycles. The second-order valence-electron chi connectivity index (χ2n) is 5.32. The molecule has 0 saturated heterocycles. The Morgan fingerprint density at radius 2 is 2.04 bits per heavy atom. The molecule has 1 aliphatic rings. The zero-order chi connectivity index (χ0) is 19.1. The average Bonchev–Trinajstić information content (AvgIpc) is 3.03. The monoisotopic (exact) mass is 366 g/mol. The van der Waals surface area contributed by atoms with Gasteiger partial charge >= 0.3 is 6.18 Å². The number of fused-ring (bicyclic) bond motifs is 1. The quantitative estimate of drug-likeness (QED) is 0.865. The molecule has 7 nitrogen and oxygen atoms in total. The van der Waals surface area contributed by atoms with Crippen molar-refractivity contribution in [1.29, 1.82) is 5.26 Å². The summed E-state index contributed by atoms with van der Waals surface area (Å²) >= 11 is 0. The number of hydrogen-bond acceptors (Lipinski definition) is 6. The summed E-state index contributed by atoms with van der Waals surface area (Å²) in [6.07, 6.45) is -4.74. The van der Waals surface area contributed by atoms with Crippen molar-refractivity contribution in [2.45, 2.75) is 12.1 Å². The third kappa shape index (κ3) is 2.57. The number of nitrogens with one attached hydrogen (secondary N) is 1. The molecule has 0 saturated carbocycles. The van der Waals surface area contributed by atoms with Crippen molar-refractivity contribution in [2.24, 2.45) is 5.73 Å². The van der Waals surface area contributed by atoms with E-state index in [0.717, 1.165) is 0 Å². The lowest BCUT2D eigenvalue weighted by molar-refractivity contribution is -0.141. The summed E-state index contributed by atoms with van der Waals surface area (Å²) in [4.78, 5) is 0. The Labute approximate surface area is 145 Å². The van der Waals surface area contributed by atoms with Gasteiger partial charge in [0, 0.05) is 5.56 Å². The van der Waals surface area contributed by atoms with Gasteiger partial charge in [-0.3, -0.25) is 5.10 Å². The molecule has 0 bridgehead atoms. The van der Waals surface area contributed by atoms with E-state index in [1.165, 1.54) is 20.3 Å². The number of rotatable bonds is 3. The van der Waals surface area contributed by atoms with Gasteiger partial charge in [0.1, 0.15) is 17.3 Å². The average molecular weight is 366 g/mol. The van der Waals surface area contributed by atoms with Crippen LogP contribution in [0.1, 0.15) is 22.7 Å². The van der Waals surface area contributed by atoms with E-state index < -0.39 is 17.8 Å². The second kappa shape index (κ2) is 6.18. The van der Waals surface area contributed by atoms with E-state index in [9.17, 15) is 18.4 Å². The van der Waals surface area contributed by atoms with Crippen molar-refractivity contribution in [3.8, 4) is 23.4 Å². The molecule has 1 atom stereocenters. The molecule has 1 aromatic carbocycles. The lowest BCUT2D eigenvalue weighted by atomic mass is 9.83. The summed E-state index contributed by atoms with van der Waals surface area (Å²) in [6, 6.07) is 6.51. The predicted octanol–water partition coefficient (Wildman–Crippen LogP) is 2.66. The molecule has 3 rings (SSSR count). The van der Waals surface area contributed by atoms with E-state index in [2.05, 4.69) is 5.10 Å². The van der Waals surface area contributed by atoms with Crippen molar-refractivity contribution in [3.05, 3.63) is 46.5 Å². The van der Waals surface area contributed by atoms with Crippen molar-refractivity contribution < 1.29 is 27.4 Å². The van der Waals surface area contributed by atoms with Crippen LogP contribution in [0.4, 0.5) is 13.2 Å². The highest BCUT2D eigenvalue weighted by Crippen LogP contribution is 2.50. The van der Waals surface area contributed by atoms with Crippen LogP contribution in [-0.2, 0) is 6.18 Å². The van der Waals surface area contributed by atoms with Gasteiger partial charge in [0.25, 0.3) is 0 Å². The molecule has 0 aliphatic carbocycles. The third-order valence-corrected chi connectivity index (χ3v) is 3.97. The molecular weight excluding hydrogens is 353 g/mol. The van der Waals surface area contributed by atoms with Gasteiger partial charge in [-0.1, -0.05) is 12.1 Å². The number of para-hydroxylation sites is 1. The van der Waals surface area contributed by atoms with Gasteiger partial charge in [0.05, 0.1) is 25.7 Å². The summed E-state index contributed by atoms with van der Waals surface area (Å²) in [6.45, 7) is 0. The molecule has 0 fully saturated rings. The fourth-order valence-electron chi connectivity index (χ4n) is 2.91. The van der Waals surface area contributed by atoms with E-state index in [0.29, 0.717) is 5.75 Å². The number of alkyl halides is 3. The summed E-state index contributed by atoms with van der Waals surface area (Å²) < 4.78 is 56.0. The molecule has 0 amide bonds. The van der Waals surface area contributed by atoms with E-state index >= 15 is 0 Å². The molecule has 2 heterocycles. The maximum atomic E-state index is 13.4. The number of nitrogens with two attached hydrogens (primary N) is 1. The number of methoxy groups -OCH3 is 2. The minimum absolute atomic E-state index is 0.183. The van der Waals surface area contributed by atoms with Crippen molar-refractivity contribution in [2.75, 3.05) is 14.2 Å². The number of nitrogens with zero attached hydrogens (tertiary/aromatic N) is 2. The van der Waals surface area contributed by atoms with Gasteiger partial charge in [-0.05, 0) is 6.07 Å². The summed E-state index contributed by atoms with van der Waals surface area (Å²) in [7, 11) is 2.74. The number of aromatic amines is 1. The van der Waals surface area contributed by atoms with Crippen LogP contribution in [0.2, 0.25) is 0 Å². The second-order valence-corrected chi connectivity index (χ2v) is 5.32. The lowest BCUT2D eigenvalue weighted by Gasteiger charge is -2.26. The fraction of sp³-hybridized carbons (Fsp3) is 0.250.